The molecule has 172 valence electrons. The van der Waals surface area contributed by atoms with Crippen LogP contribution in [0.1, 0.15) is 31.2 Å². The van der Waals surface area contributed by atoms with E-state index < -0.39 is 0 Å². The van der Waals surface area contributed by atoms with E-state index in [1.807, 2.05) is 12.1 Å². The molecular formula is C26H36N4O2. The summed E-state index contributed by atoms with van der Waals surface area (Å²) in [5.74, 6) is 1.40. The molecular weight excluding hydrogens is 400 g/mol. The molecule has 2 N–H and O–H groups in total. The molecule has 2 heterocycles. The Morgan fingerprint density at radius 3 is 2.47 bits per heavy atom. The van der Waals surface area contributed by atoms with Gasteiger partial charge in [-0.15, -0.1) is 0 Å². The Morgan fingerprint density at radius 2 is 1.75 bits per heavy atom. The fraction of sp³-hybridized carbons (Fsp3) is 0.500. The van der Waals surface area contributed by atoms with Crippen molar-refractivity contribution in [2.75, 3.05) is 44.7 Å². The predicted molar refractivity (Wildman–Crippen MR) is 129 cm³/mol. The van der Waals surface area contributed by atoms with E-state index in [1.54, 1.807) is 7.11 Å². The molecule has 2 aromatic rings. The summed E-state index contributed by atoms with van der Waals surface area (Å²) in [4.78, 5) is 17.4. The second kappa shape index (κ2) is 11.2. The molecule has 2 aromatic carbocycles. The summed E-state index contributed by atoms with van der Waals surface area (Å²) in [6, 6.07) is 19.1. The van der Waals surface area contributed by atoms with Crippen molar-refractivity contribution in [1.82, 2.24) is 15.5 Å². The third-order valence-electron chi connectivity index (χ3n) is 6.67. The predicted octanol–water partition coefficient (Wildman–Crippen LogP) is 3.88. The largest absolute Gasteiger partial charge is 0.497 e. The fourth-order valence-corrected chi connectivity index (χ4v) is 4.85. The van der Waals surface area contributed by atoms with Crippen molar-refractivity contribution in [3.05, 3.63) is 60.2 Å². The molecule has 6 nitrogen and oxygen atoms in total. The third kappa shape index (κ3) is 6.39. The van der Waals surface area contributed by atoms with Gasteiger partial charge in [0, 0.05) is 44.5 Å². The molecule has 32 heavy (non-hydrogen) atoms. The number of benzene rings is 2. The van der Waals surface area contributed by atoms with Gasteiger partial charge in [-0.25, -0.2) is 4.79 Å². The van der Waals surface area contributed by atoms with Crippen LogP contribution in [0.4, 0.5) is 10.5 Å². The minimum absolute atomic E-state index is 0.0203. The zero-order valence-electron chi connectivity index (χ0n) is 19.1. The van der Waals surface area contributed by atoms with Crippen LogP contribution in [0.2, 0.25) is 0 Å². The van der Waals surface area contributed by atoms with Gasteiger partial charge in [-0.3, -0.25) is 4.90 Å². The van der Waals surface area contributed by atoms with E-state index in [0.717, 1.165) is 57.9 Å². The van der Waals surface area contributed by atoms with Gasteiger partial charge in [0.1, 0.15) is 5.75 Å². The number of hydrogen-bond acceptors (Lipinski definition) is 4. The number of ether oxygens (including phenoxy) is 1. The van der Waals surface area contributed by atoms with E-state index in [2.05, 4.69) is 62.9 Å². The summed E-state index contributed by atoms with van der Waals surface area (Å²) in [5, 5.41) is 6.32. The fourth-order valence-electron chi connectivity index (χ4n) is 4.85. The average Bonchev–Trinajstić information content (AvgIpc) is 2.84. The van der Waals surface area contributed by atoms with Crippen molar-refractivity contribution in [3.63, 3.8) is 0 Å². The number of rotatable bonds is 7. The number of hydrogen-bond donors (Lipinski definition) is 2. The molecule has 0 aromatic heterocycles. The lowest BCUT2D eigenvalue weighted by molar-refractivity contribution is 0.164. The first-order valence-electron chi connectivity index (χ1n) is 11.9. The maximum Gasteiger partial charge on any atom is 0.315 e. The Labute approximate surface area is 191 Å². The maximum absolute atomic E-state index is 12.5. The van der Waals surface area contributed by atoms with E-state index in [0.29, 0.717) is 5.92 Å². The monoisotopic (exact) mass is 436 g/mol. The zero-order chi connectivity index (χ0) is 22.2. The molecule has 2 amide bonds. The van der Waals surface area contributed by atoms with Crippen LogP contribution < -0.4 is 20.3 Å². The maximum atomic E-state index is 12.5. The molecule has 2 aliphatic rings. The number of amides is 2. The second-order valence-electron chi connectivity index (χ2n) is 9.04. The molecule has 0 bridgehead atoms. The molecule has 1 atom stereocenters. The minimum atomic E-state index is -0.0203. The third-order valence-corrected chi connectivity index (χ3v) is 6.67. The highest BCUT2D eigenvalue weighted by Crippen LogP contribution is 2.23. The SMILES string of the molecule is COc1ccc(N2CCC(NC(=O)NCC3CCCN(Cc4ccccc4)C3)CC2)cc1. The van der Waals surface area contributed by atoms with Gasteiger partial charge in [0.25, 0.3) is 0 Å². The first kappa shape index (κ1) is 22.5. The van der Waals surface area contributed by atoms with E-state index >= 15 is 0 Å². The average molecular weight is 437 g/mol. The van der Waals surface area contributed by atoms with Crippen LogP contribution in [0.25, 0.3) is 0 Å². The number of carbonyl (C=O) groups is 1. The molecule has 2 saturated heterocycles. The van der Waals surface area contributed by atoms with Crippen molar-refractivity contribution >= 4 is 11.7 Å². The first-order valence-corrected chi connectivity index (χ1v) is 11.9. The molecule has 0 saturated carbocycles. The van der Waals surface area contributed by atoms with Crippen LogP contribution >= 0.6 is 0 Å². The number of nitrogens with zero attached hydrogens (tertiary/aromatic N) is 2. The molecule has 2 aliphatic heterocycles. The van der Waals surface area contributed by atoms with Crippen LogP contribution in [0.5, 0.6) is 5.75 Å². The van der Waals surface area contributed by atoms with Crippen molar-refractivity contribution in [2.24, 2.45) is 5.92 Å². The lowest BCUT2D eigenvalue weighted by atomic mass is 9.97. The Balaban J connectivity index is 1.15. The lowest BCUT2D eigenvalue weighted by Crippen LogP contribution is -2.49. The first-order chi connectivity index (χ1) is 15.7. The highest BCUT2D eigenvalue weighted by molar-refractivity contribution is 5.74. The lowest BCUT2D eigenvalue weighted by Gasteiger charge is -2.34. The van der Waals surface area contributed by atoms with Crippen LogP contribution in [-0.4, -0.2) is 56.8 Å². The summed E-state index contributed by atoms with van der Waals surface area (Å²) in [6.07, 6.45) is 4.32. The number of urea groups is 1. The van der Waals surface area contributed by atoms with Gasteiger partial charge in [-0.1, -0.05) is 30.3 Å². The van der Waals surface area contributed by atoms with Crippen molar-refractivity contribution in [2.45, 2.75) is 38.3 Å². The summed E-state index contributed by atoms with van der Waals surface area (Å²) in [7, 11) is 1.69. The van der Waals surface area contributed by atoms with Gasteiger partial charge < -0.3 is 20.3 Å². The molecule has 0 radical (unpaired) electrons. The van der Waals surface area contributed by atoms with Crippen LogP contribution in [0.3, 0.4) is 0 Å². The smallest absolute Gasteiger partial charge is 0.315 e. The number of methoxy groups -OCH3 is 1. The Kier molecular flexibility index (Phi) is 7.88. The van der Waals surface area contributed by atoms with E-state index in [1.165, 1.54) is 24.1 Å². The van der Waals surface area contributed by atoms with Gasteiger partial charge in [0.2, 0.25) is 0 Å². The van der Waals surface area contributed by atoms with Gasteiger partial charge in [-0.2, -0.15) is 0 Å². The Morgan fingerprint density at radius 1 is 1.00 bits per heavy atom. The molecule has 0 aliphatic carbocycles. The number of nitrogens with one attached hydrogen (secondary N) is 2. The molecule has 6 heteroatoms. The quantitative estimate of drug-likeness (QED) is 0.692. The van der Waals surface area contributed by atoms with Crippen LogP contribution in [-0.2, 0) is 6.54 Å². The topological polar surface area (TPSA) is 56.8 Å². The van der Waals surface area contributed by atoms with Crippen molar-refractivity contribution in [1.29, 1.82) is 0 Å². The standard InChI is InChI=1S/C26H36N4O2/c1-32-25-11-9-24(10-12-25)30-16-13-23(14-17-30)28-26(31)27-18-22-8-5-15-29(20-22)19-21-6-3-2-4-7-21/h2-4,6-7,9-12,22-23H,5,8,13-20H2,1H3,(H2,27,28,31). The molecule has 1 unspecified atom stereocenters. The molecule has 2 fully saturated rings. The molecule has 0 spiro atoms. The number of carbonyl (C=O) groups excluding carboxylic acids is 1. The van der Waals surface area contributed by atoms with E-state index in [-0.39, 0.29) is 12.1 Å². The second-order valence-corrected chi connectivity index (χ2v) is 9.04. The van der Waals surface area contributed by atoms with E-state index in [9.17, 15) is 4.79 Å². The summed E-state index contributed by atoms with van der Waals surface area (Å²) < 4.78 is 5.24. The number of anilines is 1. The summed E-state index contributed by atoms with van der Waals surface area (Å²) in [6.45, 7) is 5.85. The molecule has 4 rings (SSSR count). The zero-order valence-corrected chi connectivity index (χ0v) is 19.1. The van der Waals surface area contributed by atoms with Crippen LogP contribution in [0.15, 0.2) is 54.6 Å². The van der Waals surface area contributed by atoms with Gasteiger partial charge in [0.15, 0.2) is 0 Å². The van der Waals surface area contributed by atoms with Gasteiger partial charge in [0.05, 0.1) is 7.11 Å². The van der Waals surface area contributed by atoms with E-state index in [4.69, 9.17) is 4.74 Å². The van der Waals surface area contributed by atoms with Crippen LogP contribution in [0, 0.1) is 5.92 Å². The highest BCUT2D eigenvalue weighted by Gasteiger charge is 2.23. The van der Waals surface area contributed by atoms with Crippen molar-refractivity contribution < 1.29 is 9.53 Å². The minimum Gasteiger partial charge on any atom is -0.497 e. The Hall–Kier alpha value is -2.73. The number of likely N-dealkylation sites (tertiary alicyclic amines) is 1. The highest BCUT2D eigenvalue weighted by atomic mass is 16.5. The summed E-state index contributed by atoms with van der Waals surface area (Å²) in [5.41, 5.74) is 2.57. The Bertz CT molecular complexity index is 835. The van der Waals surface area contributed by atoms with Gasteiger partial charge in [-0.05, 0) is 68.0 Å². The van der Waals surface area contributed by atoms with Gasteiger partial charge >= 0.3 is 6.03 Å². The number of piperidine rings is 2. The normalized spacial score (nSPS) is 20.0. The summed E-state index contributed by atoms with van der Waals surface area (Å²) >= 11 is 0. The van der Waals surface area contributed by atoms with Crippen molar-refractivity contribution in [3.8, 4) is 5.75 Å².